The fraction of sp³-hybridized carbons (Fsp3) is 0.364. The molecule has 1 aromatic carbocycles. The summed E-state index contributed by atoms with van der Waals surface area (Å²) in [7, 11) is 0. The van der Waals surface area contributed by atoms with Crippen LogP contribution in [0.15, 0.2) is 35.2 Å². The first kappa shape index (κ1) is 9.59. The molecule has 1 aliphatic rings. The highest BCUT2D eigenvalue weighted by atomic mass is 32.2. The second-order valence-electron chi connectivity index (χ2n) is 3.37. The summed E-state index contributed by atoms with van der Waals surface area (Å²) in [4.78, 5) is 12.2. The van der Waals surface area contributed by atoms with Crippen molar-refractivity contribution >= 4 is 17.7 Å². The van der Waals surface area contributed by atoms with Gasteiger partial charge in [0.05, 0.1) is 0 Å². The highest BCUT2D eigenvalue weighted by Gasteiger charge is 2.38. The normalized spacial score (nSPS) is 25.4. The Bertz CT molecular complexity index is 323. The lowest BCUT2D eigenvalue weighted by atomic mass is 10.0. The third-order valence-electron chi connectivity index (χ3n) is 2.34. The van der Waals surface area contributed by atoms with Gasteiger partial charge in [0, 0.05) is 10.6 Å². The Balaban J connectivity index is 1.86. The Morgan fingerprint density at radius 3 is 2.64 bits per heavy atom. The smallest absolute Gasteiger partial charge is 0.313 e. The molecule has 0 bridgehead atoms. The number of carbonyl (C=O) groups excluding carboxylic acids is 1. The zero-order chi connectivity index (χ0) is 9.97. The van der Waals surface area contributed by atoms with Crippen molar-refractivity contribution in [2.24, 2.45) is 5.92 Å². The van der Waals surface area contributed by atoms with Gasteiger partial charge in [-0.3, -0.25) is 4.79 Å². The Kier molecular flexibility index (Phi) is 2.77. The summed E-state index contributed by atoms with van der Waals surface area (Å²) < 4.78 is 4.89. The van der Waals surface area contributed by atoms with E-state index in [4.69, 9.17) is 4.74 Å². The van der Waals surface area contributed by atoms with Crippen LogP contribution in [0.1, 0.15) is 6.92 Å². The quantitative estimate of drug-likeness (QED) is 0.563. The van der Waals surface area contributed by atoms with Gasteiger partial charge in [-0.25, -0.2) is 0 Å². The maximum absolute atomic E-state index is 11.0. The van der Waals surface area contributed by atoms with Gasteiger partial charge < -0.3 is 4.74 Å². The number of hydrogen-bond donors (Lipinski definition) is 0. The second kappa shape index (κ2) is 4.05. The summed E-state index contributed by atoms with van der Waals surface area (Å²) in [5, 5.41) is 0. The standard InChI is InChI=1S/C11H12O2S/c1-8-10(11(12)13-8)7-14-9-5-3-2-4-6-9/h2-6,8,10H,7H2,1H3/t8-,10-/m0/s1. The minimum Gasteiger partial charge on any atom is -0.461 e. The van der Waals surface area contributed by atoms with E-state index in [9.17, 15) is 4.79 Å². The topological polar surface area (TPSA) is 26.3 Å². The molecule has 0 unspecified atom stereocenters. The molecule has 2 atom stereocenters. The van der Waals surface area contributed by atoms with Gasteiger partial charge in [0.25, 0.3) is 0 Å². The largest absolute Gasteiger partial charge is 0.461 e. The van der Waals surface area contributed by atoms with E-state index in [1.807, 2.05) is 25.1 Å². The van der Waals surface area contributed by atoms with Gasteiger partial charge in [-0.05, 0) is 19.1 Å². The first-order valence-corrected chi connectivity index (χ1v) is 5.64. The Morgan fingerprint density at radius 1 is 1.36 bits per heavy atom. The number of cyclic esters (lactones) is 1. The number of ether oxygens (including phenoxy) is 1. The lowest BCUT2D eigenvalue weighted by Crippen LogP contribution is -2.44. The molecule has 3 heteroatoms. The van der Waals surface area contributed by atoms with Gasteiger partial charge in [0.15, 0.2) is 0 Å². The van der Waals surface area contributed by atoms with Crippen LogP contribution in [0.25, 0.3) is 0 Å². The minimum absolute atomic E-state index is 0.0547. The Labute approximate surface area is 87.6 Å². The molecule has 2 rings (SSSR count). The number of rotatable bonds is 3. The Hall–Kier alpha value is -0.960. The predicted molar refractivity (Wildman–Crippen MR) is 56.2 cm³/mol. The summed E-state index contributed by atoms with van der Waals surface area (Å²) in [6, 6.07) is 10.1. The van der Waals surface area contributed by atoms with Crippen LogP contribution in [0.2, 0.25) is 0 Å². The van der Waals surface area contributed by atoms with Crippen molar-refractivity contribution < 1.29 is 9.53 Å². The van der Waals surface area contributed by atoms with Gasteiger partial charge in [-0.15, -0.1) is 11.8 Å². The van der Waals surface area contributed by atoms with Crippen molar-refractivity contribution in [2.45, 2.75) is 17.9 Å². The molecule has 1 aliphatic heterocycles. The van der Waals surface area contributed by atoms with Crippen LogP contribution in [-0.4, -0.2) is 17.8 Å². The average molecular weight is 208 g/mol. The third-order valence-corrected chi connectivity index (χ3v) is 3.48. The molecule has 0 spiro atoms. The van der Waals surface area contributed by atoms with Crippen molar-refractivity contribution in [3.63, 3.8) is 0 Å². The fourth-order valence-electron chi connectivity index (χ4n) is 1.38. The van der Waals surface area contributed by atoms with Crippen LogP contribution in [0.3, 0.4) is 0 Å². The van der Waals surface area contributed by atoms with E-state index in [1.54, 1.807) is 11.8 Å². The molecule has 1 heterocycles. The summed E-state index contributed by atoms with van der Waals surface area (Å²) in [6.45, 7) is 1.94. The summed E-state index contributed by atoms with van der Waals surface area (Å²) in [6.07, 6.45) is 0.0960. The highest BCUT2D eigenvalue weighted by molar-refractivity contribution is 7.99. The van der Waals surface area contributed by atoms with Gasteiger partial charge in [-0.1, -0.05) is 18.2 Å². The van der Waals surface area contributed by atoms with E-state index in [1.165, 1.54) is 4.90 Å². The summed E-state index contributed by atoms with van der Waals surface area (Å²) in [5.41, 5.74) is 0. The molecular formula is C11H12O2S. The molecule has 1 saturated heterocycles. The lowest BCUT2D eigenvalue weighted by molar-refractivity contribution is -0.179. The van der Waals surface area contributed by atoms with E-state index in [0.717, 1.165) is 5.75 Å². The lowest BCUT2D eigenvalue weighted by Gasteiger charge is -2.31. The molecule has 0 aliphatic carbocycles. The predicted octanol–water partition coefficient (Wildman–Crippen LogP) is 2.34. The Morgan fingerprint density at radius 2 is 2.07 bits per heavy atom. The number of carbonyl (C=O) groups is 1. The number of hydrogen-bond acceptors (Lipinski definition) is 3. The molecule has 74 valence electrons. The number of thioether (sulfide) groups is 1. The average Bonchev–Trinajstić information content (AvgIpc) is 2.19. The molecule has 0 N–H and O–H groups in total. The minimum atomic E-state index is -0.0547. The van der Waals surface area contributed by atoms with Gasteiger partial charge in [0.2, 0.25) is 0 Å². The van der Waals surface area contributed by atoms with E-state index >= 15 is 0 Å². The first-order chi connectivity index (χ1) is 6.77. The SMILES string of the molecule is C[C@@H]1OC(=O)[C@H]1CSc1ccccc1. The van der Waals surface area contributed by atoms with E-state index in [0.29, 0.717) is 0 Å². The van der Waals surface area contributed by atoms with E-state index < -0.39 is 0 Å². The van der Waals surface area contributed by atoms with Crippen molar-refractivity contribution in [2.75, 3.05) is 5.75 Å². The maximum atomic E-state index is 11.0. The van der Waals surface area contributed by atoms with Crippen molar-refractivity contribution in [3.8, 4) is 0 Å². The molecule has 2 nitrogen and oxygen atoms in total. The fourth-order valence-corrected chi connectivity index (χ4v) is 2.51. The maximum Gasteiger partial charge on any atom is 0.313 e. The van der Waals surface area contributed by atoms with Crippen LogP contribution >= 0.6 is 11.8 Å². The van der Waals surface area contributed by atoms with Crippen LogP contribution in [0, 0.1) is 5.92 Å². The molecule has 0 saturated carbocycles. The molecule has 1 fully saturated rings. The molecule has 1 aromatic rings. The molecule has 0 radical (unpaired) electrons. The van der Waals surface area contributed by atoms with Gasteiger partial charge >= 0.3 is 5.97 Å². The molecular weight excluding hydrogens is 196 g/mol. The van der Waals surface area contributed by atoms with Crippen molar-refractivity contribution in [1.29, 1.82) is 0 Å². The van der Waals surface area contributed by atoms with Crippen molar-refractivity contribution in [3.05, 3.63) is 30.3 Å². The number of esters is 1. The van der Waals surface area contributed by atoms with Gasteiger partial charge in [0.1, 0.15) is 12.0 Å². The second-order valence-corrected chi connectivity index (χ2v) is 4.47. The zero-order valence-corrected chi connectivity index (χ0v) is 8.79. The molecule has 0 amide bonds. The van der Waals surface area contributed by atoms with E-state index in [2.05, 4.69) is 12.1 Å². The third kappa shape index (κ3) is 1.93. The van der Waals surface area contributed by atoms with Crippen molar-refractivity contribution in [1.82, 2.24) is 0 Å². The molecule has 14 heavy (non-hydrogen) atoms. The molecule has 0 aromatic heterocycles. The monoisotopic (exact) mass is 208 g/mol. The first-order valence-electron chi connectivity index (χ1n) is 4.66. The highest BCUT2D eigenvalue weighted by Crippen LogP contribution is 2.29. The van der Waals surface area contributed by atoms with Crippen LogP contribution in [-0.2, 0) is 9.53 Å². The summed E-state index contributed by atoms with van der Waals surface area (Å²) >= 11 is 1.71. The zero-order valence-electron chi connectivity index (χ0n) is 7.97. The van der Waals surface area contributed by atoms with Crippen LogP contribution in [0.5, 0.6) is 0 Å². The van der Waals surface area contributed by atoms with E-state index in [-0.39, 0.29) is 18.0 Å². The summed E-state index contributed by atoms with van der Waals surface area (Å²) in [5.74, 6) is 0.852. The van der Waals surface area contributed by atoms with Crippen LogP contribution in [0.4, 0.5) is 0 Å². The van der Waals surface area contributed by atoms with Gasteiger partial charge in [-0.2, -0.15) is 0 Å². The number of benzene rings is 1. The van der Waals surface area contributed by atoms with Crippen LogP contribution < -0.4 is 0 Å².